The predicted octanol–water partition coefficient (Wildman–Crippen LogP) is 1.38. The van der Waals surface area contributed by atoms with Crippen LogP contribution in [0.15, 0.2) is 16.5 Å². The Kier molecular flexibility index (Phi) is 3.45. The summed E-state index contributed by atoms with van der Waals surface area (Å²) in [7, 11) is 0. The van der Waals surface area contributed by atoms with Crippen molar-refractivity contribution in [3.8, 4) is 0 Å². The smallest absolute Gasteiger partial charge is 0.289 e. The Hall–Kier alpha value is -1.33. The van der Waals surface area contributed by atoms with Crippen LogP contribution < -0.4 is 5.73 Å². The lowest BCUT2D eigenvalue weighted by Gasteiger charge is -2.41. The van der Waals surface area contributed by atoms with Gasteiger partial charge in [-0.25, -0.2) is 0 Å². The maximum Gasteiger partial charge on any atom is 0.289 e. The number of rotatable bonds is 2. The molecule has 1 unspecified atom stereocenters. The molecule has 1 amide bonds. The van der Waals surface area contributed by atoms with Crippen LogP contribution in [0.2, 0.25) is 0 Å². The van der Waals surface area contributed by atoms with E-state index in [4.69, 9.17) is 14.9 Å². The molecule has 1 aliphatic heterocycles. The van der Waals surface area contributed by atoms with Crippen LogP contribution in [0.25, 0.3) is 0 Å². The Labute approximate surface area is 107 Å². The molecule has 18 heavy (non-hydrogen) atoms. The highest BCUT2D eigenvalue weighted by atomic mass is 16.5. The van der Waals surface area contributed by atoms with Crippen LogP contribution >= 0.6 is 0 Å². The minimum absolute atomic E-state index is 0.0293. The molecule has 100 valence electrons. The summed E-state index contributed by atoms with van der Waals surface area (Å²) >= 11 is 0. The Bertz CT molecular complexity index is 439. The van der Waals surface area contributed by atoms with E-state index in [0.29, 0.717) is 31.2 Å². The fourth-order valence-corrected chi connectivity index (χ4v) is 2.37. The standard InChI is InChI=1S/C13H20N2O3/c1-9-7-15(8-13(2,3)18-9)12(16)11-5-4-10(6-14)17-11/h4-5,9H,6-8,14H2,1-3H3. The Morgan fingerprint density at radius 2 is 2.28 bits per heavy atom. The van der Waals surface area contributed by atoms with Gasteiger partial charge < -0.3 is 19.8 Å². The summed E-state index contributed by atoms with van der Waals surface area (Å²) in [6.07, 6.45) is 0.0293. The zero-order valence-corrected chi connectivity index (χ0v) is 11.1. The lowest BCUT2D eigenvalue weighted by atomic mass is 10.1. The van der Waals surface area contributed by atoms with E-state index < -0.39 is 0 Å². The summed E-state index contributed by atoms with van der Waals surface area (Å²) in [5.74, 6) is 0.872. The second-order valence-electron chi connectivity index (χ2n) is 5.34. The van der Waals surface area contributed by atoms with Gasteiger partial charge in [0.25, 0.3) is 5.91 Å². The third kappa shape index (κ3) is 2.73. The molecule has 1 aromatic rings. The number of hydrogen-bond donors (Lipinski definition) is 1. The molecular weight excluding hydrogens is 232 g/mol. The molecule has 1 fully saturated rings. The summed E-state index contributed by atoms with van der Waals surface area (Å²) in [4.78, 5) is 14.1. The summed E-state index contributed by atoms with van der Waals surface area (Å²) in [5.41, 5.74) is 5.15. The second kappa shape index (κ2) is 4.74. The third-order valence-electron chi connectivity index (χ3n) is 2.93. The van der Waals surface area contributed by atoms with Gasteiger partial charge in [-0.05, 0) is 32.9 Å². The van der Waals surface area contributed by atoms with Crippen LogP contribution in [0.5, 0.6) is 0 Å². The number of nitrogens with zero attached hydrogens (tertiary/aromatic N) is 1. The van der Waals surface area contributed by atoms with Crippen LogP contribution in [-0.2, 0) is 11.3 Å². The van der Waals surface area contributed by atoms with E-state index in [2.05, 4.69) is 0 Å². The van der Waals surface area contributed by atoms with Gasteiger partial charge in [0, 0.05) is 13.1 Å². The van der Waals surface area contributed by atoms with Crippen molar-refractivity contribution in [1.82, 2.24) is 4.90 Å². The number of carbonyl (C=O) groups is 1. The van der Waals surface area contributed by atoms with Gasteiger partial charge in [-0.3, -0.25) is 4.79 Å². The summed E-state index contributed by atoms with van der Waals surface area (Å²) in [6.45, 7) is 7.38. The molecule has 2 heterocycles. The van der Waals surface area contributed by atoms with Crippen LogP contribution in [0, 0.1) is 0 Å². The molecule has 0 spiro atoms. The fourth-order valence-electron chi connectivity index (χ4n) is 2.37. The number of nitrogens with two attached hydrogens (primary N) is 1. The van der Waals surface area contributed by atoms with Crippen molar-refractivity contribution in [2.24, 2.45) is 5.73 Å². The maximum absolute atomic E-state index is 12.3. The normalized spacial score (nSPS) is 23.1. The Balaban J connectivity index is 2.13. The highest BCUT2D eigenvalue weighted by Crippen LogP contribution is 2.22. The summed E-state index contributed by atoms with van der Waals surface area (Å²) in [6, 6.07) is 3.42. The minimum atomic E-state index is -0.323. The van der Waals surface area contributed by atoms with Crippen molar-refractivity contribution < 1.29 is 13.9 Å². The zero-order chi connectivity index (χ0) is 13.3. The first-order valence-corrected chi connectivity index (χ1v) is 6.17. The second-order valence-corrected chi connectivity index (χ2v) is 5.34. The zero-order valence-electron chi connectivity index (χ0n) is 11.1. The minimum Gasteiger partial charge on any atom is -0.455 e. The van der Waals surface area contributed by atoms with Gasteiger partial charge in [0.05, 0.1) is 18.2 Å². The average Bonchev–Trinajstić information content (AvgIpc) is 2.73. The van der Waals surface area contributed by atoms with Crippen molar-refractivity contribution >= 4 is 5.91 Å². The highest BCUT2D eigenvalue weighted by Gasteiger charge is 2.34. The number of carbonyl (C=O) groups excluding carboxylic acids is 1. The van der Waals surface area contributed by atoms with E-state index in [1.807, 2.05) is 20.8 Å². The molecular formula is C13H20N2O3. The quantitative estimate of drug-likeness (QED) is 0.863. The monoisotopic (exact) mass is 252 g/mol. The number of hydrogen-bond acceptors (Lipinski definition) is 4. The summed E-state index contributed by atoms with van der Waals surface area (Å²) in [5, 5.41) is 0. The lowest BCUT2D eigenvalue weighted by Crippen LogP contribution is -2.53. The van der Waals surface area contributed by atoms with Gasteiger partial charge in [-0.2, -0.15) is 0 Å². The SMILES string of the molecule is CC1CN(C(=O)c2ccc(CN)o2)CC(C)(C)O1. The van der Waals surface area contributed by atoms with Crippen molar-refractivity contribution in [1.29, 1.82) is 0 Å². The van der Waals surface area contributed by atoms with E-state index >= 15 is 0 Å². The molecule has 5 heteroatoms. The van der Waals surface area contributed by atoms with Gasteiger partial charge in [0.1, 0.15) is 5.76 Å². The average molecular weight is 252 g/mol. The number of ether oxygens (including phenoxy) is 1. The number of amides is 1. The molecule has 1 saturated heterocycles. The van der Waals surface area contributed by atoms with Gasteiger partial charge in [-0.1, -0.05) is 0 Å². The lowest BCUT2D eigenvalue weighted by molar-refractivity contribution is -0.119. The van der Waals surface area contributed by atoms with E-state index in [-0.39, 0.29) is 17.6 Å². The Morgan fingerprint density at radius 1 is 1.56 bits per heavy atom. The van der Waals surface area contributed by atoms with Crippen LogP contribution in [0.4, 0.5) is 0 Å². The van der Waals surface area contributed by atoms with Gasteiger partial charge in [0.15, 0.2) is 5.76 Å². The molecule has 2 N–H and O–H groups in total. The molecule has 0 bridgehead atoms. The molecule has 5 nitrogen and oxygen atoms in total. The van der Waals surface area contributed by atoms with Crippen LogP contribution in [-0.4, -0.2) is 35.6 Å². The van der Waals surface area contributed by atoms with Gasteiger partial charge in [-0.15, -0.1) is 0 Å². The number of furan rings is 1. The van der Waals surface area contributed by atoms with Gasteiger partial charge in [0.2, 0.25) is 0 Å². The molecule has 0 aliphatic carbocycles. The van der Waals surface area contributed by atoms with Crippen LogP contribution in [0.3, 0.4) is 0 Å². The molecule has 1 atom stereocenters. The van der Waals surface area contributed by atoms with E-state index in [9.17, 15) is 4.79 Å². The molecule has 1 aliphatic rings. The van der Waals surface area contributed by atoms with E-state index in [1.54, 1.807) is 17.0 Å². The molecule has 0 saturated carbocycles. The van der Waals surface area contributed by atoms with Crippen molar-refractivity contribution in [2.45, 2.75) is 39.0 Å². The fraction of sp³-hybridized carbons (Fsp3) is 0.615. The molecule has 0 radical (unpaired) electrons. The Morgan fingerprint density at radius 3 is 2.83 bits per heavy atom. The topological polar surface area (TPSA) is 68.7 Å². The highest BCUT2D eigenvalue weighted by molar-refractivity contribution is 5.91. The largest absolute Gasteiger partial charge is 0.455 e. The number of morpholine rings is 1. The summed E-state index contributed by atoms with van der Waals surface area (Å²) < 4.78 is 11.2. The molecule has 0 aromatic carbocycles. The van der Waals surface area contributed by atoms with E-state index in [1.165, 1.54) is 0 Å². The van der Waals surface area contributed by atoms with Crippen LogP contribution in [0.1, 0.15) is 37.1 Å². The molecule has 1 aromatic heterocycles. The van der Waals surface area contributed by atoms with Crippen molar-refractivity contribution in [3.63, 3.8) is 0 Å². The van der Waals surface area contributed by atoms with Crippen molar-refractivity contribution in [2.75, 3.05) is 13.1 Å². The predicted molar refractivity (Wildman–Crippen MR) is 67.1 cm³/mol. The first-order valence-electron chi connectivity index (χ1n) is 6.17. The first kappa shape index (κ1) is 13.1. The van der Waals surface area contributed by atoms with Crippen molar-refractivity contribution in [3.05, 3.63) is 23.7 Å². The maximum atomic E-state index is 12.3. The molecule has 2 rings (SSSR count). The van der Waals surface area contributed by atoms with Gasteiger partial charge >= 0.3 is 0 Å². The first-order chi connectivity index (χ1) is 8.41. The third-order valence-corrected chi connectivity index (χ3v) is 2.93. The van der Waals surface area contributed by atoms with E-state index in [0.717, 1.165) is 0 Å².